The van der Waals surface area contributed by atoms with Crippen molar-refractivity contribution < 1.29 is 14.7 Å². The topological polar surface area (TPSA) is 93.6 Å². The Labute approximate surface area is 116 Å². The third-order valence-corrected chi connectivity index (χ3v) is 2.69. The van der Waals surface area contributed by atoms with E-state index in [-0.39, 0.29) is 6.54 Å². The molecule has 0 aliphatic heterocycles. The van der Waals surface area contributed by atoms with E-state index in [9.17, 15) is 10.0 Å². The monoisotopic (exact) mass is 276 g/mol. The summed E-state index contributed by atoms with van der Waals surface area (Å²) < 4.78 is 7.49. The average molecular weight is 276 g/mol. The van der Waals surface area contributed by atoms with Gasteiger partial charge in [-0.25, -0.2) is 14.8 Å². The van der Waals surface area contributed by atoms with Gasteiger partial charge in [0.15, 0.2) is 0 Å². The Hall–Kier alpha value is -2.54. The first-order chi connectivity index (χ1) is 9.65. The number of hydrogen-bond acceptors (Lipinski definition) is 4. The number of imidazole rings is 1. The van der Waals surface area contributed by atoms with Crippen LogP contribution >= 0.6 is 0 Å². The van der Waals surface area contributed by atoms with E-state index >= 15 is 0 Å². The number of benzene rings is 1. The van der Waals surface area contributed by atoms with Crippen molar-refractivity contribution in [1.82, 2.24) is 14.6 Å². The van der Waals surface area contributed by atoms with Crippen LogP contribution < -0.4 is 10.5 Å². The van der Waals surface area contributed by atoms with Crippen molar-refractivity contribution in [3.63, 3.8) is 0 Å². The number of ether oxygens (including phenoxy) is 1. The molecule has 7 nitrogen and oxygen atoms in total. The summed E-state index contributed by atoms with van der Waals surface area (Å²) >= 11 is 0. The second-order valence-corrected chi connectivity index (χ2v) is 4.19. The highest BCUT2D eigenvalue weighted by atomic mass is 16.5. The number of hydrogen-bond donors (Lipinski definition) is 2. The molecule has 0 spiro atoms. The first-order valence-corrected chi connectivity index (χ1v) is 6.08. The third kappa shape index (κ3) is 3.99. The minimum atomic E-state index is -0.884. The minimum Gasteiger partial charge on any atom is -0.492 e. The van der Waals surface area contributed by atoms with Crippen LogP contribution in [0.3, 0.4) is 0 Å². The van der Waals surface area contributed by atoms with Crippen molar-refractivity contribution in [2.24, 2.45) is 5.73 Å². The van der Waals surface area contributed by atoms with Crippen molar-refractivity contribution >= 4 is 6.03 Å². The third-order valence-electron chi connectivity index (χ3n) is 2.69. The Balaban J connectivity index is 1.80. The number of carbonyl (C=O) groups is 1. The number of nitrogens with two attached hydrogens (primary N) is 1. The van der Waals surface area contributed by atoms with E-state index in [4.69, 9.17) is 10.5 Å². The number of nitrogens with zero attached hydrogens (tertiary/aromatic N) is 3. The van der Waals surface area contributed by atoms with E-state index < -0.39 is 6.03 Å². The molecule has 0 unspecified atom stereocenters. The molecule has 2 rings (SSSR count). The highest BCUT2D eigenvalue weighted by Gasteiger charge is 2.06. The van der Waals surface area contributed by atoms with Crippen molar-refractivity contribution in [3.05, 3.63) is 48.5 Å². The molecule has 0 fully saturated rings. The van der Waals surface area contributed by atoms with Crippen LogP contribution in [-0.4, -0.2) is 32.5 Å². The molecule has 2 amide bonds. The molecule has 0 aliphatic rings. The van der Waals surface area contributed by atoms with Crippen molar-refractivity contribution in [1.29, 1.82) is 0 Å². The summed E-state index contributed by atoms with van der Waals surface area (Å²) in [6.07, 6.45) is 5.31. The maximum absolute atomic E-state index is 10.7. The van der Waals surface area contributed by atoms with E-state index in [0.29, 0.717) is 18.2 Å². The number of urea groups is 1. The molecule has 1 aromatic heterocycles. The zero-order valence-electron chi connectivity index (χ0n) is 10.8. The van der Waals surface area contributed by atoms with Gasteiger partial charge in [-0.2, -0.15) is 0 Å². The Bertz CT molecular complexity index is 539. The van der Waals surface area contributed by atoms with Gasteiger partial charge in [-0.05, 0) is 17.7 Å². The Morgan fingerprint density at radius 3 is 2.75 bits per heavy atom. The van der Waals surface area contributed by atoms with Crippen LogP contribution in [0, 0.1) is 0 Å². The molecule has 7 heteroatoms. The van der Waals surface area contributed by atoms with Crippen LogP contribution in [0.2, 0.25) is 0 Å². The summed E-state index contributed by atoms with van der Waals surface area (Å²) in [5.41, 5.74) is 5.69. The number of amides is 2. The predicted molar refractivity (Wildman–Crippen MR) is 71.1 cm³/mol. The van der Waals surface area contributed by atoms with Crippen molar-refractivity contribution in [3.8, 4) is 5.75 Å². The number of aromatic nitrogens is 2. The lowest BCUT2D eigenvalue weighted by Gasteiger charge is -2.12. The molecule has 1 aromatic carbocycles. The van der Waals surface area contributed by atoms with Gasteiger partial charge >= 0.3 is 6.03 Å². The fourth-order valence-corrected chi connectivity index (χ4v) is 1.63. The number of rotatable bonds is 6. The van der Waals surface area contributed by atoms with Crippen LogP contribution in [0.1, 0.15) is 5.56 Å². The highest BCUT2D eigenvalue weighted by Crippen LogP contribution is 2.13. The van der Waals surface area contributed by atoms with Crippen LogP contribution in [0.25, 0.3) is 0 Å². The molecule has 3 N–H and O–H groups in total. The highest BCUT2D eigenvalue weighted by molar-refractivity contribution is 5.70. The molecule has 2 aromatic rings. The fourth-order valence-electron chi connectivity index (χ4n) is 1.63. The molecular weight excluding hydrogens is 260 g/mol. The molecule has 106 valence electrons. The molecule has 0 atom stereocenters. The van der Waals surface area contributed by atoms with Gasteiger partial charge < -0.3 is 15.0 Å². The summed E-state index contributed by atoms with van der Waals surface area (Å²) in [6, 6.07) is 6.19. The summed E-state index contributed by atoms with van der Waals surface area (Å²) in [6.45, 7) is 1.29. The Morgan fingerprint density at radius 2 is 2.15 bits per heavy atom. The average Bonchev–Trinajstić information content (AvgIpc) is 2.94. The van der Waals surface area contributed by atoms with Gasteiger partial charge in [0.2, 0.25) is 0 Å². The van der Waals surface area contributed by atoms with E-state index in [1.54, 1.807) is 36.8 Å². The number of primary amides is 1. The van der Waals surface area contributed by atoms with Crippen molar-refractivity contribution in [2.45, 2.75) is 13.1 Å². The molecule has 0 saturated heterocycles. The first kappa shape index (κ1) is 13.9. The summed E-state index contributed by atoms with van der Waals surface area (Å²) in [5.74, 6) is 0.720. The zero-order valence-corrected chi connectivity index (χ0v) is 10.8. The number of carbonyl (C=O) groups excluding carboxylic acids is 1. The maximum Gasteiger partial charge on any atom is 0.338 e. The Kier molecular flexibility index (Phi) is 4.56. The molecule has 0 aliphatic carbocycles. The van der Waals surface area contributed by atoms with E-state index in [0.717, 1.165) is 11.3 Å². The van der Waals surface area contributed by atoms with Gasteiger partial charge in [-0.1, -0.05) is 12.1 Å². The van der Waals surface area contributed by atoms with E-state index in [1.807, 2.05) is 10.8 Å². The standard InChI is InChI=1S/C13H16N4O3/c14-13(18)17(19)9-11-1-3-12(4-2-11)20-8-7-16-6-5-15-10-16/h1-6,10,19H,7-9H2,(H2,14,18). The van der Waals surface area contributed by atoms with Gasteiger partial charge in [0, 0.05) is 12.4 Å². The first-order valence-electron chi connectivity index (χ1n) is 6.08. The lowest BCUT2D eigenvalue weighted by atomic mass is 10.2. The normalized spacial score (nSPS) is 10.2. The predicted octanol–water partition coefficient (Wildman–Crippen LogP) is 1.23. The maximum atomic E-state index is 10.7. The molecule has 0 bridgehead atoms. The molecule has 20 heavy (non-hydrogen) atoms. The van der Waals surface area contributed by atoms with Gasteiger partial charge in [-0.15, -0.1) is 0 Å². The zero-order chi connectivity index (χ0) is 14.4. The van der Waals surface area contributed by atoms with Gasteiger partial charge in [0.25, 0.3) is 0 Å². The molecule has 0 radical (unpaired) electrons. The van der Waals surface area contributed by atoms with Crippen LogP contribution in [-0.2, 0) is 13.1 Å². The fraction of sp³-hybridized carbons (Fsp3) is 0.231. The van der Waals surface area contributed by atoms with Crippen LogP contribution in [0.15, 0.2) is 43.0 Å². The van der Waals surface area contributed by atoms with Crippen molar-refractivity contribution in [2.75, 3.05) is 6.61 Å². The second kappa shape index (κ2) is 6.58. The molecule has 1 heterocycles. The summed E-state index contributed by atoms with van der Waals surface area (Å²) in [7, 11) is 0. The lowest BCUT2D eigenvalue weighted by Crippen LogP contribution is -2.31. The van der Waals surface area contributed by atoms with E-state index in [1.165, 1.54) is 0 Å². The smallest absolute Gasteiger partial charge is 0.338 e. The van der Waals surface area contributed by atoms with Gasteiger partial charge in [0.1, 0.15) is 12.4 Å². The molecular formula is C13H16N4O3. The van der Waals surface area contributed by atoms with E-state index in [2.05, 4.69) is 4.98 Å². The summed E-state index contributed by atoms with van der Waals surface area (Å²) in [5, 5.41) is 9.67. The Morgan fingerprint density at radius 1 is 1.40 bits per heavy atom. The molecule has 0 saturated carbocycles. The largest absolute Gasteiger partial charge is 0.492 e. The second-order valence-electron chi connectivity index (χ2n) is 4.19. The number of hydroxylamine groups is 2. The minimum absolute atomic E-state index is 0.0463. The van der Waals surface area contributed by atoms with Gasteiger partial charge in [-0.3, -0.25) is 5.21 Å². The van der Waals surface area contributed by atoms with Crippen LogP contribution in [0.4, 0.5) is 4.79 Å². The lowest BCUT2D eigenvalue weighted by molar-refractivity contribution is -0.0470. The summed E-state index contributed by atoms with van der Waals surface area (Å²) in [4.78, 5) is 14.6. The van der Waals surface area contributed by atoms with Crippen LogP contribution in [0.5, 0.6) is 5.75 Å². The SMILES string of the molecule is NC(=O)N(O)Cc1ccc(OCCn2ccnc2)cc1. The van der Waals surface area contributed by atoms with Gasteiger partial charge in [0.05, 0.1) is 19.4 Å². The quantitative estimate of drug-likeness (QED) is 0.613.